The lowest BCUT2D eigenvalue weighted by molar-refractivity contribution is 0.0944. The fraction of sp³-hybridized carbons (Fsp3) is 0.222. The molecule has 2 aromatic heterocycles. The summed E-state index contributed by atoms with van der Waals surface area (Å²) >= 11 is 6.07. The molecule has 6 nitrogen and oxygen atoms in total. The van der Waals surface area contributed by atoms with Gasteiger partial charge in [-0.3, -0.25) is 9.20 Å². The predicted octanol–water partition coefficient (Wildman–Crippen LogP) is 3.21. The van der Waals surface area contributed by atoms with Gasteiger partial charge in [0.05, 0.1) is 10.7 Å². The summed E-state index contributed by atoms with van der Waals surface area (Å²) in [6, 6.07) is 9.18. The first-order valence-corrected chi connectivity index (χ1v) is 8.36. The van der Waals surface area contributed by atoms with Crippen LogP contribution in [-0.4, -0.2) is 22.1 Å². The maximum absolute atomic E-state index is 12.7. The van der Waals surface area contributed by atoms with Gasteiger partial charge in [0, 0.05) is 12.7 Å². The molecule has 0 aliphatic carbocycles. The molecule has 1 amide bonds. The number of halogens is 1. The van der Waals surface area contributed by atoms with Crippen molar-refractivity contribution in [2.45, 2.75) is 19.9 Å². The summed E-state index contributed by atoms with van der Waals surface area (Å²) in [5.74, 6) is 1.23. The first-order valence-electron chi connectivity index (χ1n) is 7.99. The van der Waals surface area contributed by atoms with Gasteiger partial charge in [-0.2, -0.15) is 0 Å². The Hall–Kier alpha value is -2.73. The zero-order valence-electron chi connectivity index (χ0n) is 13.6. The Morgan fingerprint density at radius 3 is 2.96 bits per heavy atom. The SMILES string of the molecule is CCc1nc2ccc(Cl)cn2c1C(=O)NCc1ccc2c(c1)OCO2. The van der Waals surface area contributed by atoms with Crippen molar-refractivity contribution in [2.24, 2.45) is 0 Å². The Bertz CT molecular complexity index is 968. The highest BCUT2D eigenvalue weighted by atomic mass is 35.5. The average molecular weight is 358 g/mol. The van der Waals surface area contributed by atoms with Gasteiger partial charge in [0.2, 0.25) is 6.79 Å². The van der Waals surface area contributed by atoms with Gasteiger partial charge in [-0.05, 0) is 36.2 Å². The van der Waals surface area contributed by atoms with Gasteiger partial charge in [0.15, 0.2) is 11.5 Å². The molecule has 0 unspecified atom stereocenters. The molecule has 1 aromatic carbocycles. The molecule has 7 heteroatoms. The number of rotatable bonds is 4. The monoisotopic (exact) mass is 357 g/mol. The van der Waals surface area contributed by atoms with Crippen LogP contribution in [-0.2, 0) is 13.0 Å². The van der Waals surface area contributed by atoms with E-state index in [2.05, 4.69) is 10.3 Å². The van der Waals surface area contributed by atoms with E-state index in [0.717, 1.165) is 17.0 Å². The quantitative estimate of drug-likeness (QED) is 0.778. The number of ether oxygens (including phenoxy) is 2. The Balaban J connectivity index is 1.58. The molecule has 4 rings (SSSR count). The number of aromatic nitrogens is 2. The summed E-state index contributed by atoms with van der Waals surface area (Å²) in [6.45, 7) is 2.58. The van der Waals surface area contributed by atoms with E-state index >= 15 is 0 Å². The topological polar surface area (TPSA) is 64.9 Å². The lowest BCUT2D eigenvalue weighted by atomic mass is 10.2. The minimum atomic E-state index is -0.190. The number of aryl methyl sites for hydroxylation is 1. The summed E-state index contributed by atoms with van der Waals surface area (Å²) in [6.07, 6.45) is 2.37. The highest BCUT2D eigenvalue weighted by Crippen LogP contribution is 2.32. The zero-order chi connectivity index (χ0) is 17.4. The van der Waals surface area contributed by atoms with Gasteiger partial charge in [-0.1, -0.05) is 24.6 Å². The van der Waals surface area contributed by atoms with Crippen LogP contribution in [0.25, 0.3) is 5.65 Å². The van der Waals surface area contributed by atoms with Gasteiger partial charge in [-0.25, -0.2) is 4.98 Å². The van der Waals surface area contributed by atoms with Crippen molar-refractivity contribution in [1.82, 2.24) is 14.7 Å². The Morgan fingerprint density at radius 1 is 1.28 bits per heavy atom. The minimum absolute atomic E-state index is 0.190. The van der Waals surface area contributed by atoms with E-state index in [4.69, 9.17) is 21.1 Å². The van der Waals surface area contributed by atoms with Gasteiger partial charge >= 0.3 is 0 Å². The Morgan fingerprint density at radius 2 is 2.12 bits per heavy atom. The van der Waals surface area contributed by atoms with Crippen molar-refractivity contribution < 1.29 is 14.3 Å². The van der Waals surface area contributed by atoms with Gasteiger partial charge in [0.25, 0.3) is 5.91 Å². The molecule has 0 saturated carbocycles. The maximum atomic E-state index is 12.7. The third kappa shape index (κ3) is 2.89. The molecule has 1 N–H and O–H groups in total. The van der Waals surface area contributed by atoms with Crippen molar-refractivity contribution in [1.29, 1.82) is 0 Å². The lowest BCUT2D eigenvalue weighted by Crippen LogP contribution is -2.25. The maximum Gasteiger partial charge on any atom is 0.270 e. The smallest absolute Gasteiger partial charge is 0.270 e. The molecule has 3 heterocycles. The standard InChI is InChI=1S/C18H16ClN3O3/c1-2-13-17(22-9-12(19)4-6-16(22)21-13)18(23)20-8-11-3-5-14-15(7-11)25-10-24-14/h3-7,9H,2,8,10H2,1H3,(H,20,23). The number of hydrogen-bond donors (Lipinski definition) is 1. The van der Waals surface area contributed by atoms with E-state index in [0.29, 0.717) is 35.1 Å². The number of hydrogen-bond acceptors (Lipinski definition) is 4. The van der Waals surface area contributed by atoms with Gasteiger partial charge in [0.1, 0.15) is 11.3 Å². The summed E-state index contributed by atoms with van der Waals surface area (Å²) < 4.78 is 12.4. The summed E-state index contributed by atoms with van der Waals surface area (Å²) in [5, 5.41) is 3.49. The molecule has 3 aromatic rings. The van der Waals surface area contributed by atoms with Crippen LogP contribution in [0.4, 0.5) is 0 Å². The van der Waals surface area contributed by atoms with Crippen molar-refractivity contribution in [2.75, 3.05) is 6.79 Å². The van der Waals surface area contributed by atoms with E-state index in [1.165, 1.54) is 0 Å². The molecule has 0 radical (unpaired) electrons. The first-order chi connectivity index (χ1) is 12.2. The van der Waals surface area contributed by atoms with Crippen LogP contribution in [0.15, 0.2) is 36.5 Å². The normalized spacial score (nSPS) is 12.6. The number of benzene rings is 1. The number of amides is 1. The average Bonchev–Trinajstić information content (AvgIpc) is 3.22. The number of nitrogens with one attached hydrogen (secondary N) is 1. The van der Waals surface area contributed by atoms with E-state index in [-0.39, 0.29) is 12.7 Å². The summed E-state index contributed by atoms with van der Waals surface area (Å²) in [5.41, 5.74) is 2.89. The molecule has 0 spiro atoms. The number of carbonyl (C=O) groups excluding carboxylic acids is 1. The number of imidazole rings is 1. The fourth-order valence-electron chi connectivity index (χ4n) is 2.87. The van der Waals surface area contributed by atoms with Crippen molar-refractivity contribution in [3.8, 4) is 11.5 Å². The van der Waals surface area contributed by atoms with Crippen LogP contribution < -0.4 is 14.8 Å². The first kappa shape index (κ1) is 15.8. The molecule has 0 fully saturated rings. The second-order valence-corrected chi connectivity index (χ2v) is 6.14. The van der Waals surface area contributed by atoms with E-state index in [1.54, 1.807) is 22.7 Å². The zero-order valence-corrected chi connectivity index (χ0v) is 14.3. The predicted molar refractivity (Wildman–Crippen MR) is 93.3 cm³/mol. The second kappa shape index (κ2) is 6.29. The third-order valence-electron chi connectivity index (χ3n) is 4.09. The summed E-state index contributed by atoms with van der Waals surface area (Å²) in [4.78, 5) is 17.2. The molecular weight excluding hydrogens is 342 g/mol. The Labute approximate surface area is 149 Å². The number of fused-ring (bicyclic) bond motifs is 2. The molecule has 0 bridgehead atoms. The molecule has 25 heavy (non-hydrogen) atoms. The van der Waals surface area contributed by atoms with E-state index < -0.39 is 0 Å². The number of pyridine rings is 1. The fourth-order valence-corrected chi connectivity index (χ4v) is 3.03. The highest BCUT2D eigenvalue weighted by Gasteiger charge is 2.19. The van der Waals surface area contributed by atoms with Crippen LogP contribution in [0.1, 0.15) is 28.7 Å². The van der Waals surface area contributed by atoms with E-state index in [9.17, 15) is 4.79 Å². The van der Waals surface area contributed by atoms with Gasteiger partial charge < -0.3 is 14.8 Å². The largest absolute Gasteiger partial charge is 0.454 e. The van der Waals surface area contributed by atoms with Gasteiger partial charge in [-0.15, -0.1) is 0 Å². The molecule has 128 valence electrons. The third-order valence-corrected chi connectivity index (χ3v) is 4.32. The Kier molecular flexibility index (Phi) is 3.97. The molecular formula is C18H16ClN3O3. The molecule has 0 atom stereocenters. The lowest BCUT2D eigenvalue weighted by Gasteiger charge is -2.08. The van der Waals surface area contributed by atoms with Crippen molar-refractivity contribution in [3.05, 3.63) is 58.5 Å². The molecule has 1 aliphatic rings. The second-order valence-electron chi connectivity index (χ2n) is 5.71. The van der Waals surface area contributed by atoms with Crippen LogP contribution in [0.2, 0.25) is 5.02 Å². The van der Waals surface area contributed by atoms with Crippen molar-refractivity contribution >= 4 is 23.2 Å². The molecule has 1 aliphatic heterocycles. The highest BCUT2D eigenvalue weighted by molar-refractivity contribution is 6.30. The van der Waals surface area contributed by atoms with Crippen molar-refractivity contribution in [3.63, 3.8) is 0 Å². The minimum Gasteiger partial charge on any atom is -0.454 e. The van der Waals surface area contributed by atoms with Crippen LogP contribution in [0, 0.1) is 0 Å². The van der Waals surface area contributed by atoms with Crippen LogP contribution in [0.3, 0.4) is 0 Å². The van der Waals surface area contributed by atoms with E-state index in [1.807, 2.05) is 25.1 Å². The summed E-state index contributed by atoms with van der Waals surface area (Å²) in [7, 11) is 0. The molecule has 0 saturated heterocycles. The number of nitrogens with zero attached hydrogens (tertiary/aromatic N) is 2. The van der Waals surface area contributed by atoms with Crippen LogP contribution >= 0.6 is 11.6 Å². The van der Waals surface area contributed by atoms with Crippen LogP contribution in [0.5, 0.6) is 11.5 Å². The number of carbonyl (C=O) groups is 1.